The Hall–Kier alpha value is -3.52. The van der Waals surface area contributed by atoms with E-state index in [2.05, 4.69) is 76.2 Å². The molecule has 0 radical (unpaired) electrons. The summed E-state index contributed by atoms with van der Waals surface area (Å²) >= 11 is 0. The number of benzene rings is 4. The minimum Gasteiger partial charge on any atom is -0.507 e. The Morgan fingerprint density at radius 2 is 0.912 bits per heavy atom. The number of aryl methyl sites for hydroxylation is 4. The van der Waals surface area contributed by atoms with Gasteiger partial charge in [-0.25, -0.2) is 0 Å². The number of aromatic hydroxyl groups is 2. The molecule has 34 heavy (non-hydrogen) atoms. The predicted octanol–water partition coefficient (Wildman–Crippen LogP) is 7.80. The highest BCUT2D eigenvalue weighted by Gasteiger charge is 2.19. The molecule has 2 unspecified atom stereocenters. The first-order valence-electron chi connectivity index (χ1n) is 12.1. The molecule has 2 heteroatoms. The van der Waals surface area contributed by atoms with Crippen molar-refractivity contribution < 1.29 is 10.2 Å². The van der Waals surface area contributed by atoms with Gasteiger partial charge in [0.05, 0.1) is 0 Å². The van der Waals surface area contributed by atoms with Gasteiger partial charge in [-0.2, -0.15) is 0 Å². The van der Waals surface area contributed by atoms with Gasteiger partial charge in [0.2, 0.25) is 0 Å². The van der Waals surface area contributed by atoms with Gasteiger partial charge < -0.3 is 10.2 Å². The van der Waals surface area contributed by atoms with Crippen LogP contribution in [0.2, 0.25) is 0 Å². The SMILES string of the molecule is Cc1cc(CCc2cc(C)cc(C(C)c3ccccc3)c2O)c(O)c(C(C)c2ccccc2)c1. The molecule has 174 valence electrons. The summed E-state index contributed by atoms with van der Waals surface area (Å²) < 4.78 is 0. The normalized spacial score (nSPS) is 12.9. The standard InChI is InChI=1S/C32H34O2/c1-21-17-27(31(33)29(19-21)23(3)25-11-7-5-8-12-25)15-16-28-18-22(2)20-30(32(28)34)24(4)26-13-9-6-10-14-26/h5-14,17-20,23-24,33-34H,15-16H2,1-4H3. The van der Waals surface area contributed by atoms with Gasteiger partial charge in [0.1, 0.15) is 11.5 Å². The maximum Gasteiger partial charge on any atom is 0.122 e. The maximum atomic E-state index is 11.2. The van der Waals surface area contributed by atoms with Crippen LogP contribution in [0.4, 0.5) is 0 Å². The molecule has 0 amide bonds. The van der Waals surface area contributed by atoms with Crippen LogP contribution in [0, 0.1) is 13.8 Å². The zero-order valence-electron chi connectivity index (χ0n) is 20.5. The maximum absolute atomic E-state index is 11.2. The van der Waals surface area contributed by atoms with Crippen LogP contribution in [-0.2, 0) is 12.8 Å². The average Bonchev–Trinajstić information content (AvgIpc) is 2.86. The van der Waals surface area contributed by atoms with Crippen molar-refractivity contribution in [3.8, 4) is 11.5 Å². The summed E-state index contributed by atoms with van der Waals surface area (Å²) in [5.41, 5.74) is 8.40. The molecule has 0 aliphatic heterocycles. The molecule has 0 aliphatic carbocycles. The van der Waals surface area contributed by atoms with Crippen LogP contribution in [0.1, 0.15) is 70.2 Å². The minimum absolute atomic E-state index is 0.102. The van der Waals surface area contributed by atoms with Crippen molar-refractivity contribution in [2.75, 3.05) is 0 Å². The highest BCUT2D eigenvalue weighted by Crippen LogP contribution is 2.37. The third kappa shape index (κ3) is 5.02. The summed E-state index contributed by atoms with van der Waals surface area (Å²) in [7, 11) is 0. The lowest BCUT2D eigenvalue weighted by Crippen LogP contribution is -2.03. The number of hydrogen-bond acceptors (Lipinski definition) is 2. The van der Waals surface area contributed by atoms with E-state index in [0.717, 1.165) is 33.4 Å². The molecule has 0 aromatic heterocycles. The van der Waals surface area contributed by atoms with E-state index >= 15 is 0 Å². The second kappa shape index (κ2) is 10.2. The lowest BCUT2D eigenvalue weighted by molar-refractivity contribution is 0.453. The number of rotatable bonds is 7. The van der Waals surface area contributed by atoms with E-state index < -0.39 is 0 Å². The van der Waals surface area contributed by atoms with Gasteiger partial charge in [-0.3, -0.25) is 0 Å². The van der Waals surface area contributed by atoms with Gasteiger partial charge >= 0.3 is 0 Å². The van der Waals surface area contributed by atoms with E-state index in [4.69, 9.17) is 0 Å². The van der Waals surface area contributed by atoms with Gasteiger partial charge in [-0.05, 0) is 48.9 Å². The fraction of sp³-hybridized carbons (Fsp3) is 0.250. The van der Waals surface area contributed by atoms with Crippen molar-refractivity contribution in [2.45, 2.75) is 52.4 Å². The van der Waals surface area contributed by atoms with Crippen LogP contribution in [0.3, 0.4) is 0 Å². The number of hydrogen-bond donors (Lipinski definition) is 2. The van der Waals surface area contributed by atoms with E-state index in [1.807, 2.05) is 36.4 Å². The van der Waals surface area contributed by atoms with Gasteiger partial charge in [-0.1, -0.05) is 110 Å². The Kier molecular flexibility index (Phi) is 7.07. The Bertz CT molecular complexity index is 1160. The second-order valence-electron chi connectivity index (χ2n) is 9.49. The molecule has 2 N–H and O–H groups in total. The summed E-state index contributed by atoms with van der Waals surface area (Å²) in [6, 6.07) is 28.9. The highest BCUT2D eigenvalue weighted by atomic mass is 16.3. The fourth-order valence-electron chi connectivity index (χ4n) is 4.92. The van der Waals surface area contributed by atoms with Crippen molar-refractivity contribution in [3.63, 3.8) is 0 Å². The molecule has 0 saturated carbocycles. The van der Waals surface area contributed by atoms with Crippen LogP contribution in [0.15, 0.2) is 84.9 Å². The quantitative estimate of drug-likeness (QED) is 0.301. The molecule has 0 aliphatic rings. The lowest BCUT2D eigenvalue weighted by Gasteiger charge is -2.19. The van der Waals surface area contributed by atoms with E-state index in [1.165, 1.54) is 11.1 Å². The van der Waals surface area contributed by atoms with Crippen molar-refractivity contribution in [1.82, 2.24) is 0 Å². The molecule has 0 spiro atoms. The Labute approximate surface area is 203 Å². The topological polar surface area (TPSA) is 40.5 Å². The zero-order valence-corrected chi connectivity index (χ0v) is 20.5. The number of phenols is 2. The second-order valence-corrected chi connectivity index (χ2v) is 9.49. The third-order valence-corrected chi connectivity index (χ3v) is 6.92. The highest BCUT2D eigenvalue weighted by molar-refractivity contribution is 5.51. The molecule has 4 aromatic rings. The van der Waals surface area contributed by atoms with Crippen LogP contribution in [-0.4, -0.2) is 10.2 Å². The molecule has 2 nitrogen and oxygen atoms in total. The van der Waals surface area contributed by atoms with E-state index in [-0.39, 0.29) is 11.8 Å². The first-order valence-corrected chi connectivity index (χ1v) is 12.1. The minimum atomic E-state index is 0.102. The van der Waals surface area contributed by atoms with E-state index in [0.29, 0.717) is 24.3 Å². The van der Waals surface area contributed by atoms with Crippen molar-refractivity contribution >= 4 is 0 Å². The molecular weight excluding hydrogens is 416 g/mol. The molecular formula is C32H34O2. The lowest BCUT2D eigenvalue weighted by atomic mass is 9.87. The van der Waals surface area contributed by atoms with Crippen molar-refractivity contribution in [3.05, 3.63) is 129 Å². The fourth-order valence-corrected chi connectivity index (χ4v) is 4.92. The zero-order chi connectivity index (χ0) is 24.2. The van der Waals surface area contributed by atoms with Gasteiger partial charge in [0.25, 0.3) is 0 Å². The van der Waals surface area contributed by atoms with Crippen LogP contribution >= 0.6 is 0 Å². The van der Waals surface area contributed by atoms with E-state index in [1.54, 1.807) is 0 Å². The summed E-state index contributed by atoms with van der Waals surface area (Å²) in [5, 5.41) is 22.4. The first kappa shape index (κ1) is 23.6. The van der Waals surface area contributed by atoms with Gasteiger partial charge in [0, 0.05) is 23.0 Å². The number of phenolic OH excluding ortho intramolecular Hbond substituents is 2. The van der Waals surface area contributed by atoms with Gasteiger partial charge in [-0.15, -0.1) is 0 Å². The average molecular weight is 451 g/mol. The molecule has 0 fully saturated rings. The van der Waals surface area contributed by atoms with Crippen LogP contribution in [0.25, 0.3) is 0 Å². The largest absolute Gasteiger partial charge is 0.507 e. The van der Waals surface area contributed by atoms with Gasteiger partial charge in [0.15, 0.2) is 0 Å². The van der Waals surface area contributed by atoms with Crippen LogP contribution < -0.4 is 0 Å². The molecule has 0 bridgehead atoms. The molecule has 0 heterocycles. The summed E-state index contributed by atoms with van der Waals surface area (Å²) in [6.07, 6.45) is 1.33. The summed E-state index contributed by atoms with van der Waals surface area (Å²) in [5.74, 6) is 0.940. The summed E-state index contributed by atoms with van der Waals surface area (Å²) in [4.78, 5) is 0. The molecule has 4 aromatic carbocycles. The van der Waals surface area contributed by atoms with Crippen LogP contribution in [0.5, 0.6) is 11.5 Å². The van der Waals surface area contributed by atoms with E-state index in [9.17, 15) is 10.2 Å². The smallest absolute Gasteiger partial charge is 0.122 e. The Morgan fingerprint density at radius 3 is 1.26 bits per heavy atom. The Balaban J connectivity index is 1.62. The summed E-state index contributed by atoms with van der Waals surface area (Å²) in [6.45, 7) is 8.43. The molecule has 2 atom stereocenters. The first-order chi connectivity index (χ1) is 16.3. The van der Waals surface area contributed by atoms with Crippen molar-refractivity contribution in [2.24, 2.45) is 0 Å². The molecule has 4 rings (SSSR count). The Morgan fingerprint density at radius 1 is 0.559 bits per heavy atom. The third-order valence-electron chi connectivity index (χ3n) is 6.92. The monoisotopic (exact) mass is 450 g/mol. The molecule has 0 saturated heterocycles. The van der Waals surface area contributed by atoms with Crippen molar-refractivity contribution in [1.29, 1.82) is 0 Å². The predicted molar refractivity (Wildman–Crippen MR) is 141 cm³/mol.